The average molecular weight is 261 g/mol. The molecule has 0 unspecified atom stereocenters. The van der Waals surface area contributed by atoms with Crippen LogP contribution in [-0.2, 0) is 0 Å². The van der Waals surface area contributed by atoms with Crippen molar-refractivity contribution in [2.24, 2.45) is 4.99 Å². The maximum Gasteiger partial charge on any atom is 0.0404 e. The Morgan fingerprint density at radius 1 is 1.28 bits per heavy atom. The number of aliphatic imine (C=N–C) groups is 1. The average Bonchev–Trinajstić information content (AvgIpc) is 2.42. The van der Waals surface area contributed by atoms with E-state index in [0.717, 1.165) is 17.9 Å². The van der Waals surface area contributed by atoms with Crippen molar-refractivity contribution in [1.82, 2.24) is 0 Å². The highest BCUT2D eigenvalue weighted by Crippen LogP contribution is 2.20. The van der Waals surface area contributed by atoms with Crippen molar-refractivity contribution in [2.45, 2.75) is 32.1 Å². The molecule has 0 amide bonds. The van der Waals surface area contributed by atoms with Crippen LogP contribution in [0.3, 0.4) is 0 Å². The maximum absolute atomic E-state index is 3.95. The van der Waals surface area contributed by atoms with Crippen LogP contribution in [0.25, 0.3) is 0 Å². The van der Waals surface area contributed by atoms with Gasteiger partial charge in [-0.05, 0) is 38.3 Å². The van der Waals surface area contributed by atoms with Crippen LogP contribution < -0.4 is 0 Å². The molecule has 98 valence electrons. The summed E-state index contributed by atoms with van der Waals surface area (Å²) in [5, 5.41) is 0. The first-order valence-corrected chi connectivity index (χ1v) is 7.22. The smallest absolute Gasteiger partial charge is 0.0404 e. The Hall–Kier alpha value is -1.28. The second kappa shape index (κ2) is 10.8. The van der Waals surface area contributed by atoms with Crippen molar-refractivity contribution in [3.05, 3.63) is 54.3 Å². The van der Waals surface area contributed by atoms with Crippen molar-refractivity contribution < 1.29 is 0 Å². The standard InChI is InChI=1S/C14H17NS.C2H6/c1-4-5-13(15-3)10-11-16-14-8-6-12(2)7-9-14;1-2/h4-9H,1,3,10-11H2,2H3;1-2H3/b13-5-;. The van der Waals surface area contributed by atoms with Gasteiger partial charge in [0.05, 0.1) is 0 Å². The molecule has 0 bridgehead atoms. The summed E-state index contributed by atoms with van der Waals surface area (Å²) in [6.07, 6.45) is 4.58. The van der Waals surface area contributed by atoms with Crippen molar-refractivity contribution in [3.63, 3.8) is 0 Å². The normalized spacial score (nSPS) is 10.3. The molecule has 0 N–H and O–H groups in total. The third-order valence-corrected chi connectivity index (χ3v) is 3.17. The summed E-state index contributed by atoms with van der Waals surface area (Å²) in [6, 6.07) is 8.57. The lowest BCUT2D eigenvalue weighted by molar-refractivity contribution is 1.09. The van der Waals surface area contributed by atoms with Crippen LogP contribution in [0.15, 0.2) is 58.6 Å². The lowest BCUT2D eigenvalue weighted by atomic mass is 10.2. The minimum atomic E-state index is 0.925. The molecule has 0 atom stereocenters. The fourth-order valence-corrected chi connectivity index (χ4v) is 2.13. The van der Waals surface area contributed by atoms with E-state index in [9.17, 15) is 0 Å². The fraction of sp³-hybridized carbons (Fsp3) is 0.312. The number of allylic oxidation sites excluding steroid dienone is 3. The Labute approximate surface area is 116 Å². The van der Waals surface area contributed by atoms with Gasteiger partial charge in [0.25, 0.3) is 0 Å². The molecule has 1 rings (SSSR count). The van der Waals surface area contributed by atoms with E-state index in [4.69, 9.17) is 0 Å². The molecule has 0 aliphatic carbocycles. The first kappa shape index (κ1) is 16.7. The number of hydrogen-bond donors (Lipinski definition) is 0. The van der Waals surface area contributed by atoms with E-state index in [1.165, 1.54) is 10.5 Å². The van der Waals surface area contributed by atoms with Crippen LogP contribution in [0.5, 0.6) is 0 Å². The molecule has 0 aromatic heterocycles. The first-order valence-electron chi connectivity index (χ1n) is 6.24. The maximum atomic E-state index is 3.95. The van der Waals surface area contributed by atoms with Gasteiger partial charge in [0.1, 0.15) is 0 Å². The molecule has 0 aliphatic heterocycles. The Morgan fingerprint density at radius 2 is 1.89 bits per heavy atom. The quantitative estimate of drug-likeness (QED) is 0.386. The summed E-state index contributed by atoms with van der Waals surface area (Å²) in [6.45, 7) is 13.3. The van der Waals surface area contributed by atoms with E-state index >= 15 is 0 Å². The lowest BCUT2D eigenvalue weighted by Gasteiger charge is -2.02. The minimum Gasteiger partial charge on any atom is -0.269 e. The van der Waals surface area contributed by atoms with Gasteiger partial charge in [-0.3, -0.25) is 4.99 Å². The highest BCUT2D eigenvalue weighted by molar-refractivity contribution is 7.99. The van der Waals surface area contributed by atoms with Crippen LogP contribution in [0.1, 0.15) is 25.8 Å². The van der Waals surface area contributed by atoms with E-state index in [-0.39, 0.29) is 0 Å². The van der Waals surface area contributed by atoms with Gasteiger partial charge < -0.3 is 0 Å². The summed E-state index contributed by atoms with van der Waals surface area (Å²) >= 11 is 1.84. The van der Waals surface area contributed by atoms with Gasteiger partial charge in [0.15, 0.2) is 0 Å². The largest absolute Gasteiger partial charge is 0.269 e. The predicted octanol–water partition coefficient (Wildman–Crippen LogP) is 5.27. The molecule has 0 fully saturated rings. The van der Waals surface area contributed by atoms with E-state index in [2.05, 4.69) is 49.5 Å². The number of rotatable bonds is 6. The number of nitrogens with zero attached hydrogens (tertiary/aromatic N) is 1. The Bertz CT molecular complexity index is 377. The zero-order valence-electron chi connectivity index (χ0n) is 11.6. The lowest BCUT2D eigenvalue weighted by Crippen LogP contribution is -1.83. The number of hydrogen-bond acceptors (Lipinski definition) is 2. The van der Waals surface area contributed by atoms with Gasteiger partial charge in [0, 0.05) is 16.3 Å². The molecule has 0 spiro atoms. The molecular weight excluding hydrogens is 238 g/mol. The van der Waals surface area contributed by atoms with Gasteiger partial charge in [-0.25, -0.2) is 0 Å². The molecule has 1 nitrogen and oxygen atoms in total. The summed E-state index contributed by atoms with van der Waals surface area (Å²) in [7, 11) is 0. The van der Waals surface area contributed by atoms with Crippen molar-refractivity contribution in [3.8, 4) is 0 Å². The molecule has 2 heteroatoms. The van der Waals surface area contributed by atoms with E-state index in [0.29, 0.717) is 0 Å². The summed E-state index contributed by atoms with van der Waals surface area (Å²) < 4.78 is 0. The summed E-state index contributed by atoms with van der Waals surface area (Å²) in [5.74, 6) is 1.02. The Morgan fingerprint density at radius 3 is 2.39 bits per heavy atom. The van der Waals surface area contributed by atoms with E-state index < -0.39 is 0 Å². The second-order valence-electron chi connectivity index (χ2n) is 3.46. The summed E-state index contributed by atoms with van der Waals surface area (Å²) in [4.78, 5) is 5.25. The number of aryl methyl sites for hydroxylation is 1. The van der Waals surface area contributed by atoms with Gasteiger partial charge in [-0.2, -0.15) is 0 Å². The highest BCUT2D eigenvalue weighted by atomic mass is 32.2. The van der Waals surface area contributed by atoms with E-state index in [1.807, 2.05) is 31.7 Å². The molecule has 0 saturated heterocycles. The van der Waals surface area contributed by atoms with Gasteiger partial charge in [0.2, 0.25) is 0 Å². The van der Waals surface area contributed by atoms with Crippen LogP contribution in [0, 0.1) is 6.92 Å². The van der Waals surface area contributed by atoms with Crippen molar-refractivity contribution in [1.29, 1.82) is 0 Å². The summed E-state index contributed by atoms with van der Waals surface area (Å²) in [5.41, 5.74) is 2.29. The van der Waals surface area contributed by atoms with Crippen LogP contribution in [0.4, 0.5) is 0 Å². The van der Waals surface area contributed by atoms with E-state index in [1.54, 1.807) is 6.08 Å². The molecule has 0 aliphatic rings. The van der Waals surface area contributed by atoms with Crippen molar-refractivity contribution in [2.75, 3.05) is 5.75 Å². The minimum absolute atomic E-state index is 0.925. The van der Waals surface area contributed by atoms with Crippen LogP contribution in [0.2, 0.25) is 0 Å². The number of benzene rings is 1. The predicted molar refractivity (Wildman–Crippen MR) is 85.7 cm³/mol. The van der Waals surface area contributed by atoms with Gasteiger partial charge >= 0.3 is 0 Å². The van der Waals surface area contributed by atoms with Gasteiger partial charge in [-0.15, -0.1) is 11.8 Å². The molecule has 1 aromatic rings. The third-order valence-electron chi connectivity index (χ3n) is 2.16. The second-order valence-corrected chi connectivity index (χ2v) is 4.63. The first-order chi connectivity index (χ1) is 8.76. The molecule has 0 heterocycles. The molecule has 0 radical (unpaired) electrons. The molecular formula is C16H23NS. The zero-order chi connectivity index (χ0) is 13.8. The zero-order valence-corrected chi connectivity index (χ0v) is 12.5. The topological polar surface area (TPSA) is 12.4 Å². The van der Waals surface area contributed by atoms with Crippen LogP contribution >= 0.6 is 11.8 Å². The molecule has 18 heavy (non-hydrogen) atoms. The SMILES string of the molecule is C=C/C=C(/CCSc1ccc(C)cc1)N=C.CC. The van der Waals surface area contributed by atoms with Gasteiger partial charge in [-0.1, -0.05) is 44.2 Å². The number of thioether (sulfide) groups is 1. The fourth-order valence-electron chi connectivity index (χ4n) is 1.26. The van der Waals surface area contributed by atoms with Crippen LogP contribution in [-0.4, -0.2) is 12.5 Å². The monoisotopic (exact) mass is 261 g/mol. The third kappa shape index (κ3) is 7.13. The molecule has 0 saturated carbocycles. The highest BCUT2D eigenvalue weighted by Gasteiger charge is 1.96. The molecule has 1 aromatic carbocycles. The Balaban J connectivity index is 0.00000137. The van der Waals surface area contributed by atoms with Crippen molar-refractivity contribution >= 4 is 18.5 Å². The Kier molecular flexibility index (Phi) is 10.1.